The fourth-order valence-electron chi connectivity index (χ4n) is 1.49. The highest BCUT2D eigenvalue weighted by molar-refractivity contribution is 8.13. The SMILES string of the molecule is N=C(N=C(N)N)SCc1nnnn1Cc1ccccc1. The molecule has 0 saturated heterocycles. The molecule has 0 radical (unpaired) electrons. The maximum atomic E-state index is 7.55. The highest BCUT2D eigenvalue weighted by Crippen LogP contribution is 2.12. The molecule has 0 atom stereocenters. The van der Waals surface area contributed by atoms with Crippen molar-refractivity contribution >= 4 is 22.9 Å². The van der Waals surface area contributed by atoms with Crippen LogP contribution in [0.4, 0.5) is 0 Å². The molecule has 0 aliphatic carbocycles. The maximum absolute atomic E-state index is 7.55. The van der Waals surface area contributed by atoms with Gasteiger partial charge in [0, 0.05) is 0 Å². The van der Waals surface area contributed by atoms with E-state index in [4.69, 9.17) is 16.9 Å². The van der Waals surface area contributed by atoms with Crippen LogP contribution in [0.3, 0.4) is 0 Å². The molecule has 9 heteroatoms. The summed E-state index contributed by atoms with van der Waals surface area (Å²) in [6.07, 6.45) is 0. The Labute approximate surface area is 119 Å². The average molecular weight is 290 g/mol. The van der Waals surface area contributed by atoms with Crippen molar-refractivity contribution < 1.29 is 0 Å². The van der Waals surface area contributed by atoms with Crippen molar-refractivity contribution in [3.05, 3.63) is 41.7 Å². The van der Waals surface area contributed by atoms with Crippen LogP contribution in [-0.4, -0.2) is 31.3 Å². The zero-order valence-electron chi connectivity index (χ0n) is 10.6. The number of guanidine groups is 1. The summed E-state index contributed by atoms with van der Waals surface area (Å²) in [5, 5.41) is 19.1. The molecule has 1 aromatic heterocycles. The summed E-state index contributed by atoms with van der Waals surface area (Å²) >= 11 is 1.16. The van der Waals surface area contributed by atoms with Gasteiger partial charge in [-0.15, -0.1) is 5.10 Å². The minimum Gasteiger partial charge on any atom is -0.370 e. The highest BCUT2D eigenvalue weighted by atomic mass is 32.2. The number of thioether (sulfide) groups is 1. The van der Waals surface area contributed by atoms with E-state index in [0.717, 1.165) is 17.3 Å². The highest BCUT2D eigenvalue weighted by Gasteiger charge is 2.08. The number of hydrogen-bond acceptors (Lipinski definition) is 5. The van der Waals surface area contributed by atoms with E-state index in [1.165, 1.54) is 0 Å². The molecule has 5 N–H and O–H groups in total. The Bertz CT molecular complexity index is 602. The molecule has 8 nitrogen and oxygen atoms in total. The molecule has 0 unspecified atom stereocenters. The van der Waals surface area contributed by atoms with Gasteiger partial charge in [-0.05, 0) is 16.0 Å². The molecule has 20 heavy (non-hydrogen) atoms. The largest absolute Gasteiger partial charge is 0.370 e. The first-order valence-corrected chi connectivity index (χ1v) is 6.73. The van der Waals surface area contributed by atoms with E-state index in [2.05, 4.69) is 20.5 Å². The van der Waals surface area contributed by atoms with E-state index in [9.17, 15) is 0 Å². The second kappa shape index (κ2) is 6.66. The van der Waals surface area contributed by atoms with Gasteiger partial charge in [0.15, 0.2) is 17.0 Å². The zero-order valence-corrected chi connectivity index (χ0v) is 11.4. The topological polar surface area (TPSA) is 132 Å². The van der Waals surface area contributed by atoms with Gasteiger partial charge in [-0.3, -0.25) is 5.41 Å². The Hall–Kier alpha value is -2.42. The van der Waals surface area contributed by atoms with Crippen LogP contribution >= 0.6 is 11.8 Å². The first-order valence-electron chi connectivity index (χ1n) is 5.75. The van der Waals surface area contributed by atoms with Crippen molar-refractivity contribution in [1.82, 2.24) is 20.2 Å². The number of nitrogens with one attached hydrogen (secondary N) is 1. The predicted octanol–water partition coefficient (Wildman–Crippen LogP) is 0.163. The predicted molar refractivity (Wildman–Crippen MR) is 78.2 cm³/mol. The second-order valence-corrected chi connectivity index (χ2v) is 4.83. The van der Waals surface area contributed by atoms with E-state index in [1.807, 2.05) is 30.3 Å². The molecular weight excluding hydrogens is 276 g/mol. The molecule has 0 aliphatic heterocycles. The summed E-state index contributed by atoms with van der Waals surface area (Å²) in [6, 6.07) is 9.88. The minimum absolute atomic E-state index is 0.0271. The molecule has 0 aliphatic rings. The van der Waals surface area contributed by atoms with Crippen molar-refractivity contribution in [1.29, 1.82) is 5.41 Å². The van der Waals surface area contributed by atoms with Crippen LogP contribution in [0.2, 0.25) is 0 Å². The molecule has 104 valence electrons. The standard InChI is InChI=1S/C11H14N8S/c12-10(13)15-11(14)20-7-9-16-17-18-19(9)6-8-4-2-1-3-5-8/h1-5H,6-7H2,(H5,12,13,14,15). The number of nitrogens with zero attached hydrogens (tertiary/aromatic N) is 5. The monoisotopic (exact) mass is 290 g/mol. The van der Waals surface area contributed by atoms with Gasteiger partial charge in [0.1, 0.15) is 0 Å². The average Bonchev–Trinajstić information content (AvgIpc) is 2.84. The lowest BCUT2D eigenvalue weighted by Crippen LogP contribution is -2.23. The van der Waals surface area contributed by atoms with Gasteiger partial charge < -0.3 is 11.5 Å². The van der Waals surface area contributed by atoms with Crippen LogP contribution in [0.25, 0.3) is 0 Å². The second-order valence-electron chi connectivity index (χ2n) is 3.87. The minimum atomic E-state index is -0.133. The molecule has 1 heterocycles. The molecule has 2 rings (SSSR count). The summed E-state index contributed by atoms with van der Waals surface area (Å²) in [7, 11) is 0. The number of aliphatic imine (C=N–C) groups is 1. The summed E-state index contributed by atoms with van der Waals surface area (Å²) < 4.78 is 1.69. The Morgan fingerprint density at radius 1 is 1.30 bits per heavy atom. The van der Waals surface area contributed by atoms with Gasteiger partial charge in [-0.1, -0.05) is 42.1 Å². The van der Waals surface area contributed by atoms with E-state index in [-0.39, 0.29) is 11.1 Å². The third kappa shape index (κ3) is 4.05. The molecule has 0 saturated carbocycles. The van der Waals surface area contributed by atoms with Crippen molar-refractivity contribution in [2.75, 3.05) is 0 Å². The molecule has 0 bridgehead atoms. The van der Waals surface area contributed by atoms with Crippen LogP contribution in [0, 0.1) is 5.41 Å². The maximum Gasteiger partial charge on any atom is 0.193 e. The molecule has 0 spiro atoms. The van der Waals surface area contributed by atoms with E-state index in [1.54, 1.807) is 4.68 Å². The molecular formula is C11H14N8S. The zero-order chi connectivity index (χ0) is 14.4. The molecule has 0 amide bonds. The third-order valence-electron chi connectivity index (χ3n) is 2.35. The van der Waals surface area contributed by atoms with E-state index >= 15 is 0 Å². The number of amidine groups is 1. The summed E-state index contributed by atoms with van der Waals surface area (Å²) in [5.41, 5.74) is 11.5. The lowest BCUT2D eigenvalue weighted by atomic mass is 10.2. The number of benzene rings is 1. The molecule has 0 fully saturated rings. The first-order chi connectivity index (χ1) is 9.65. The number of hydrogen-bond donors (Lipinski definition) is 3. The summed E-state index contributed by atoms with van der Waals surface area (Å²) in [4.78, 5) is 3.63. The smallest absolute Gasteiger partial charge is 0.193 e. The van der Waals surface area contributed by atoms with Crippen LogP contribution in [0.15, 0.2) is 35.3 Å². The van der Waals surface area contributed by atoms with E-state index in [0.29, 0.717) is 18.1 Å². The van der Waals surface area contributed by atoms with Crippen LogP contribution < -0.4 is 11.5 Å². The molecule has 2 aromatic rings. The first kappa shape index (κ1) is 14.0. The number of tetrazole rings is 1. The fraction of sp³-hybridized carbons (Fsp3) is 0.182. The van der Waals surface area contributed by atoms with Crippen molar-refractivity contribution in [2.45, 2.75) is 12.3 Å². The molecule has 1 aromatic carbocycles. The van der Waals surface area contributed by atoms with Crippen LogP contribution in [0.1, 0.15) is 11.4 Å². The van der Waals surface area contributed by atoms with Crippen molar-refractivity contribution in [3.8, 4) is 0 Å². The summed E-state index contributed by atoms with van der Waals surface area (Å²) in [5.74, 6) is 0.955. The number of rotatable bonds is 4. The van der Waals surface area contributed by atoms with Gasteiger partial charge in [0.25, 0.3) is 0 Å². The van der Waals surface area contributed by atoms with Gasteiger partial charge in [-0.2, -0.15) is 4.99 Å². The third-order valence-corrected chi connectivity index (χ3v) is 3.12. The van der Waals surface area contributed by atoms with Gasteiger partial charge in [0.05, 0.1) is 12.3 Å². The lowest BCUT2D eigenvalue weighted by Gasteiger charge is -2.04. The lowest BCUT2D eigenvalue weighted by molar-refractivity contribution is 0.631. The van der Waals surface area contributed by atoms with Crippen LogP contribution in [0.5, 0.6) is 0 Å². The van der Waals surface area contributed by atoms with Crippen molar-refractivity contribution in [2.24, 2.45) is 16.5 Å². The quantitative estimate of drug-likeness (QED) is 0.543. The Morgan fingerprint density at radius 3 is 2.75 bits per heavy atom. The number of nitrogens with two attached hydrogens (primary N) is 2. The Balaban J connectivity index is 1.99. The fourth-order valence-corrected chi connectivity index (χ4v) is 2.13. The normalized spacial score (nSPS) is 10.2. The summed E-state index contributed by atoms with van der Waals surface area (Å²) in [6.45, 7) is 0.583. The Morgan fingerprint density at radius 2 is 2.05 bits per heavy atom. The van der Waals surface area contributed by atoms with Gasteiger partial charge in [0.2, 0.25) is 0 Å². The van der Waals surface area contributed by atoms with Crippen LogP contribution in [-0.2, 0) is 12.3 Å². The van der Waals surface area contributed by atoms with Gasteiger partial charge in [-0.25, -0.2) is 4.68 Å². The van der Waals surface area contributed by atoms with E-state index < -0.39 is 0 Å². The number of aromatic nitrogens is 4. The van der Waals surface area contributed by atoms with Crippen molar-refractivity contribution in [3.63, 3.8) is 0 Å². The van der Waals surface area contributed by atoms with Gasteiger partial charge >= 0.3 is 0 Å². The Kier molecular flexibility index (Phi) is 4.66.